The lowest BCUT2D eigenvalue weighted by molar-refractivity contribution is 0.351. The first-order valence-corrected chi connectivity index (χ1v) is 26.0. The monoisotopic (exact) mass is 1160 g/mol. The number of aryl methyl sites for hydroxylation is 4. The molecule has 0 saturated heterocycles. The SMILES string of the molecule is C=Cc1cnc(OC)cc1Oc1cnc(C)nc1N.CNc1cc(Oc2cnc(C)nc2N)c(C(C)C)c(F)n1.COc1cc(Oc2cnc(C)nc2N)c(-c2ccccc2)cn1.COc1cc(Oc2cnc(C)nc2N)c(C(C)C)c(OC)n1. The van der Waals surface area contributed by atoms with Crippen molar-refractivity contribution in [1.82, 2.24) is 59.8 Å². The average Bonchev–Trinajstić information content (AvgIpc) is 3.38. The van der Waals surface area contributed by atoms with Crippen molar-refractivity contribution in [3.05, 3.63) is 144 Å². The third-order valence-corrected chi connectivity index (χ3v) is 11.7. The summed E-state index contributed by atoms with van der Waals surface area (Å²) in [6.45, 7) is 18.5. The van der Waals surface area contributed by atoms with Crippen molar-refractivity contribution in [3.8, 4) is 80.6 Å². The highest BCUT2D eigenvalue weighted by Gasteiger charge is 2.22. The lowest BCUT2D eigenvalue weighted by atomic mass is 10.0. The molecule has 0 aliphatic heterocycles. The number of ether oxygens (including phenoxy) is 8. The van der Waals surface area contributed by atoms with Gasteiger partial charge in [0.2, 0.25) is 29.5 Å². The summed E-state index contributed by atoms with van der Waals surface area (Å²) in [5.41, 5.74) is 27.1. The van der Waals surface area contributed by atoms with Crippen LogP contribution in [0, 0.1) is 33.6 Å². The van der Waals surface area contributed by atoms with Gasteiger partial charge in [-0.15, -0.1) is 0 Å². The van der Waals surface area contributed by atoms with Gasteiger partial charge in [0, 0.05) is 54.8 Å². The van der Waals surface area contributed by atoms with E-state index in [-0.39, 0.29) is 40.9 Å². The number of nitrogens with two attached hydrogens (primary N) is 4. The number of pyridine rings is 4. The summed E-state index contributed by atoms with van der Waals surface area (Å²) in [4.78, 5) is 49.0. The molecule has 8 heterocycles. The van der Waals surface area contributed by atoms with E-state index < -0.39 is 5.95 Å². The van der Waals surface area contributed by atoms with Crippen molar-refractivity contribution in [2.24, 2.45) is 0 Å². The van der Waals surface area contributed by atoms with Gasteiger partial charge in [-0.1, -0.05) is 70.7 Å². The molecule has 0 bridgehead atoms. The largest absolute Gasteiger partial charge is 0.481 e. The molecule has 9 aromatic rings. The summed E-state index contributed by atoms with van der Waals surface area (Å²) in [5.74, 6) is 8.35. The summed E-state index contributed by atoms with van der Waals surface area (Å²) < 4.78 is 58.1. The second-order valence-corrected chi connectivity index (χ2v) is 18.5. The Morgan fingerprint density at radius 2 is 0.882 bits per heavy atom. The Morgan fingerprint density at radius 3 is 1.29 bits per heavy atom. The molecule has 0 amide bonds. The second-order valence-electron chi connectivity index (χ2n) is 18.5. The van der Waals surface area contributed by atoms with Crippen LogP contribution in [0.4, 0.5) is 33.5 Å². The quantitative estimate of drug-likeness (QED) is 0.0529. The fourth-order valence-corrected chi connectivity index (χ4v) is 7.53. The normalized spacial score (nSPS) is 10.4. The maximum absolute atomic E-state index is 14.1. The fourth-order valence-electron chi connectivity index (χ4n) is 7.53. The molecule has 0 atom stereocenters. The number of nitrogens with one attached hydrogen (secondary N) is 1. The second kappa shape index (κ2) is 29.8. The number of aromatic nitrogens is 12. The van der Waals surface area contributed by atoms with Gasteiger partial charge in [-0.25, -0.2) is 54.8 Å². The van der Waals surface area contributed by atoms with Crippen LogP contribution >= 0.6 is 0 Å². The van der Waals surface area contributed by atoms with Crippen LogP contribution in [0.25, 0.3) is 17.2 Å². The predicted octanol–water partition coefficient (Wildman–Crippen LogP) is 11.0. The average molecular weight is 1160 g/mol. The molecule has 1 aromatic carbocycles. The van der Waals surface area contributed by atoms with Gasteiger partial charge < -0.3 is 66.1 Å². The molecule has 0 unspecified atom stereocenters. The molecule has 9 N–H and O–H groups in total. The zero-order chi connectivity index (χ0) is 61.9. The first kappa shape index (κ1) is 63.4. The predicted molar refractivity (Wildman–Crippen MR) is 321 cm³/mol. The van der Waals surface area contributed by atoms with Crippen LogP contribution in [0.3, 0.4) is 0 Å². The van der Waals surface area contributed by atoms with E-state index in [4.69, 9.17) is 60.8 Å². The summed E-state index contributed by atoms with van der Waals surface area (Å²) in [6, 6.07) is 16.5. The zero-order valence-corrected chi connectivity index (χ0v) is 49.4. The Balaban J connectivity index is 0.000000182. The molecule has 25 nitrogen and oxygen atoms in total. The Bertz CT molecular complexity index is 3730. The van der Waals surface area contributed by atoms with E-state index in [1.807, 2.05) is 58.0 Å². The minimum atomic E-state index is -0.571. The molecule has 0 aliphatic carbocycles. The highest BCUT2D eigenvalue weighted by atomic mass is 19.1. The van der Waals surface area contributed by atoms with Crippen molar-refractivity contribution in [2.75, 3.05) is 63.7 Å². The first-order valence-electron chi connectivity index (χ1n) is 26.0. The molecule has 26 heteroatoms. The van der Waals surface area contributed by atoms with Crippen molar-refractivity contribution in [3.63, 3.8) is 0 Å². The molecule has 0 aliphatic rings. The molecule has 0 fully saturated rings. The lowest BCUT2D eigenvalue weighted by Gasteiger charge is -2.18. The maximum Gasteiger partial charge on any atom is 0.223 e. The highest BCUT2D eigenvalue weighted by Crippen LogP contribution is 2.41. The van der Waals surface area contributed by atoms with Gasteiger partial charge in [0.25, 0.3) is 0 Å². The Labute approximate surface area is 491 Å². The molecule has 444 valence electrons. The summed E-state index contributed by atoms with van der Waals surface area (Å²) >= 11 is 0. The van der Waals surface area contributed by atoms with Crippen LogP contribution in [-0.2, 0) is 0 Å². The van der Waals surface area contributed by atoms with Crippen LogP contribution in [0.1, 0.15) is 79.5 Å². The first-order chi connectivity index (χ1) is 40.7. The van der Waals surface area contributed by atoms with E-state index >= 15 is 0 Å². The number of nitrogens with zero attached hydrogens (tertiary/aromatic N) is 12. The van der Waals surface area contributed by atoms with Crippen molar-refractivity contribution >= 4 is 35.2 Å². The summed E-state index contributed by atoms with van der Waals surface area (Å²) in [5, 5.41) is 2.79. The molecular weight excluding hydrogens is 1090 g/mol. The van der Waals surface area contributed by atoms with E-state index in [1.54, 1.807) is 104 Å². The van der Waals surface area contributed by atoms with E-state index in [1.165, 1.54) is 26.6 Å². The standard InChI is InChI=1S/C17H16N4O2.C15H20N4O3.C14H18FN5O.C13H14N4O2/c1-11-19-10-15(17(18)21-11)23-14-8-16(22-2)20-9-13(14)12-6-4-3-5-7-12;1-8(2)13-10(6-12(20-4)19-15(13)21-5)22-11-7-17-9(3)18-14(11)16;1-7(2)12-9(5-11(17-4)20-13(12)15)21-10-6-18-8(3)19-14(10)16;1-4-9-6-16-12(18-3)5-10(9)19-11-7-15-8(2)17-13(11)14/h3-10H,1-2H3,(H2,18,19,21);6-8H,1-5H3,(H2,16,17,18);5-7H,1-4H3,(H,17,20)(H2,16,18,19);4-7H,1H2,2-3H3,(H2,14,15,17). The number of nitrogen functional groups attached to an aromatic ring is 4. The minimum Gasteiger partial charge on any atom is -0.481 e. The fraction of sp³-hybridized carbons (Fsp3) is 0.254. The van der Waals surface area contributed by atoms with Crippen molar-refractivity contribution in [2.45, 2.75) is 67.2 Å². The van der Waals surface area contributed by atoms with Gasteiger partial charge in [-0.05, 0) is 45.1 Å². The Kier molecular flexibility index (Phi) is 22.2. The molecular formula is C59H68FN17O8. The van der Waals surface area contributed by atoms with Crippen molar-refractivity contribution in [1.29, 1.82) is 0 Å². The van der Waals surface area contributed by atoms with Crippen molar-refractivity contribution < 1.29 is 42.3 Å². The van der Waals surface area contributed by atoms with Crippen LogP contribution in [0.5, 0.6) is 69.5 Å². The van der Waals surface area contributed by atoms with Gasteiger partial charge in [0.15, 0.2) is 46.3 Å². The number of hydrogen-bond donors (Lipinski definition) is 5. The minimum absolute atomic E-state index is 0.0917. The van der Waals surface area contributed by atoms with E-state index in [0.29, 0.717) is 98.4 Å². The lowest BCUT2D eigenvalue weighted by Crippen LogP contribution is -2.05. The van der Waals surface area contributed by atoms with E-state index in [9.17, 15) is 4.39 Å². The van der Waals surface area contributed by atoms with Crippen LogP contribution < -0.4 is 66.1 Å². The molecule has 9 rings (SSSR count). The van der Waals surface area contributed by atoms with Gasteiger partial charge >= 0.3 is 0 Å². The number of hydrogen-bond acceptors (Lipinski definition) is 25. The molecule has 0 radical (unpaired) electrons. The summed E-state index contributed by atoms with van der Waals surface area (Å²) in [7, 11) is 7.83. The third-order valence-electron chi connectivity index (χ3n) is 11.7. The molecule has 0 saturated carbocycles. The zero-order valence-electron chi connectivity index (χ0n) is 49.4. The van der Waals surface area contributed by atoms with Gasteiger partial charge in [0.05, 0.1) is 64.4 Å². The number of benzene rings is 1. The van der Waals surface area contributed by atoms with Crippen LogP contribution in [0.2, 0.25) is 0 Å². The molecule has 85 heavy (non-hydrogen) atoms. The van der Waals surface area contributed by atoms with Gasteiger partial charge in [-0.2, -0.15) is 9.37 Å². The van der Waals surface area contributed by atoms with E-state index in [2.05, 4.69) is 71.7 Å². The van der Waals surface area contributed by atoms with Crippen LogP contribution in [-0.4, -0.2) is 95.3 Å². The number of methoxy groups -OCH3 is 4. The maximum atomic E-state index is 14.1. The number of rotatable bonds is 17. The third kappa shape index (κ3) is 17.1. The Morgan fingerprint density at radius 1 is 0.471 bits per heavy atom. The molecule has 8 aromatic heterocycles. The number of anilines is 5. The summed E-state index contributed by atoms with van der Waals surface area (Å²) in [6.07, 6.45) is 11.0. The highest BCUT2D eigenvalue weighted by molar-refractivity contribution is 5.71. The van der Waals surface area contributed by atoms with Gasteiger partial charge in [-0.3, -0.25) is 0 Å². The van der Waals surface area contributed by atoms with E-state index in [0.717, 1.165) is 22.3 Å². The topological polar surface area (TPSA) is 345 Å². The van der Waals surface area contributed by atoms with Gasteiger partial charge in [0.1, 0.15) is 52.1 Å². The smallest absolute Gasteiger partial charge is 0.223 e. The molecule has 0 spiro atoms. The Hall–Kier alpha value is -10.8. The van der Waals surface area contributed by atoms with Crippen LogP contribution in [0.15, 0.2) is 98.4 Å². The number of halogens is 1.